The van der Waals surface area contributed by atoms with Crippen LogP contribution < -0.4 is 0 Å². The second kappa shape index (κ2) is 4.60. The third-order valence-corrected chi connectivity index (χ3v) is 1.70. The minimum absolute atomic E-state index is 0.625. The maximum Gasteiger partial charge on any atom is 0.0243 e. The van der Waals surface area contributed by atoms with Crippen molar-refractivity contribution in [1.29, 1.82) is 0 Å². The van der Waals surface area contributed by atoms with E-state index in [0.717, 1.165) is 12.2 Å². The van der Waals surface area contributed by atoms with Gasteiger partial charge in [-0.2, -0.15) is 0 Å². The van der Waals surface area contributed by atoms with Crippen LogP contribution in [0.2, 0.25) is 0 Å². The van der Waals surface area contributed by atoms with Gasteiger partial charge in [0, 0.05) is 28.7 Å². The molecule has 3 heteroatoms. The largest absolute Gasteiger partial charge is 0.260 e. The van der Waals surface area contributed by atoms with Crippen molar-refractivity contribution in [3.8, 4) is 0 Å². The molecule has 0 aliphatic heterocycles. The molecule has 0 aromatic heterocycles. The zero-order valence-corrected chi connectivity index (χ0v) is 5.89. The molecule has 0 saturated carbocycles. The molecule has 0 N–H and O–H groups in total. The minimum atomic E-state index is -0.650. The highest BCUT2D eigenvalue weighted by molar-refractivity contribution is 7.84. The Kier molecular flexibility index (Phi) is 4.88. The van der Waals surface area contributed by atoms with Crippen LogP contribution in [0, 0.1) is 0 Å². The van der Waals surface area contributed by atoms with Crippen LogP contribution in [-0.4, -0.2) is 22.1 Å². The number of halogens is 1. The number of alkyl halides is 1. The normalized spacial score (nSPS) is 14.0. The van der Waals surface area contributed by atoms with E-state index in [4.69, 9.17) is 11.6 Å². The maximum atomic E-state index is 10.3. The summed E-state index contributed by atoms with van der Waals surface area (Å²) < 4.78 is 10.3. The molecule has 0 unspecified atom stereocenters. The summed E-state index contributed by atoms with van der Waals surface area (Å²) in [6.07, 6.45) is 2.55. The summed E-state index contributed by atoms with van der Waals surface area (Å²) in [4.78, 5) is 0. The van der Waals surface area contributed by atoms with Crippen molar-refractivity contribution in [2.45, 2.75) is 6.42 Å². The van der Waals surface area contributed by atoms with Gasteiger partial charge in [-0.1, -0.05) is 0 Å². The van der Waals surface area contributed by atoms with Crippen molar-refractivity contribution in [3.63, 3.8) is 0 Å². The van der Waals surface area contributed by atoms with Gasteiger partial charge in [-0.25, -0.2) is 0 Å². The molecule has 0 rings (SSSR count). The number of hydrogen-bond donors (Lipinski definition) is 0. The fourth-order valence-electron chi connectivity index (χ4n) is 0.258. The summed E-state index contributed by atoms with van der Waals surface area (Å²) in [5, 5.41) is 0. The topological polar surface area (TPSA) is 17.1 Å². The van der Waals surface area contributed by atoms with Crippen LogP contribution in [0.5, 0.6) is 0 Å². The highest BCUT2D eigenvalue weighted by Gasteiger charge is 1.86. The number of hydrogen-bond acceptors (Lipinski definition) is 1. The highest BCUT2D eigenvalue weighted by Crippen LogP contribution is 1.85. The zero-order valence-electron chi connectivity index (χ0n) is 4.32. The molecule has 1 atom stereocenters. The predicted octanol–water partition coefficient (Wildman–Crippen LogP) is 0.994. The zero-order chi connectivity index (χ0) is 5.70. The number of rotatable bonds is 3. The van der Waals surface area contributed by atoms with Gasteiger partial charge in [-0.3, -0.25) is 4.21 Å². The molecule has 0 fully saturated rings. The lowest BCUT2D eigenvalue weighted by atomic mass is 10.6. The van der Waals surface area contributed by atoms with Gasteiger partial charge in [-0.05, 0) is 6.42 Å². The van der Waals surface area contributed by atoms with Crippen molar-refractivity contribution < 1.29 is 4.21 Å². The molecule has 0 amide bonds. The Morgan fingerprint density at radius 2 is 2.29 bits per heavy atom. The summed E-state index contributed by atoms with van der Waals surface area (Å²) in [5.41, 5.74) is 0. The van der Waals surface area contributed by atoms with Crippen molar-refractivity contribution >= 4 is 22.4 Å². The van der Waals surface area contributed by atoms with Crippen LogP contribution >= 0.6 is 11.6 Å². The van der Waals surface area contributed by atoms with Crippen LogP contribution in [0.4, 0.5) is 0 Å². The van der Waals surface area contributed by atoms with Gasteiger partial charge in [0.25, 0.3) is 0 Å². The van der Waals surface area contributed by atoms with Crippen molar-refractivity contribution in [3.05, 3.63) is 0 Å². The molecular weight excluding hydrogens is 132 g/mol. The van der Waals surface area contributed by atoms with Crippen molar-refractivity contribution in [2.24, 2.45) is 0 Å². The second-order valence-electron chi connectivity index (χ2n) is 1.32. The Bertz CT molecular complexity index is 64.7. The van der Waals surface area contributed by atoms with E-state index in [9.17, 15) is 4.21 Å². The van der Waals surface area contributed by atoms with E-state index in [1.54, 1.807) is 6.26 Å². The molecule has 44 valence electrons. The first-order valence-electron chi connectivity index (χ1n) is 2.13. The van der Waals surface area contributed by atoms with Crippen molar-refractivity contribution in [2.75, 3.05) is 17.9 Å². The van der Waals surface area contributed by atoms with Gasteiger partial charge in [0.15, 0.2) is 0 Å². The fourth-order valence-corrected chi connectivity index (χ4v) is 1.10. The van der Waals surface area contributed by atoms with E-state index in [1.165, 1.54) is 0 Å². The van der Waals surface area contributed by atoms with Gasteiger partial charge in [0.2, 0.25) is 0 Å². The first-order valence-corrected chi connectivity index (χ1v) is 4.39. The van der Waals surface area contributed by atoms with E-state index in [-0.39, 0.29) is 0 Å². The van der Waals surface area contributed by atoms with Gasteiger partial charge >= 0.3 is 0 Å². The maximum absolute atomic E-state index is 10.3. The summed E-state index contributed by atoms with van der Waals surface area (Å²) in [7, 11) is -0.650. The van der Waals surface area contributed by atoms with E-state index in [0.29, 0.717) is 5.88 Å². The van der Waals surface area contributed by atoms with E-state index < -0.39 is 10.8 Å². The standard InChI is InChI=1S/C4H9ClOS/c1-7(6)4-2-3-5/h2-4H2,1H3/t7-/m0/s1. The smallest absolute Gasteiger partial charge is 0.0243 e. The quantitative estimate of drug-likeness (QED) is 0.535. The molecule has 0 saturated heterocycles. The molecule has 0 aliphatic rings. The molecule has 0 aromatic rings. The Morgan fingerprint density at radius 3 is 2.43 bits per heavy atom. The summed E-state index contributed by atoms with van der Waals surface area (Å²) >= 11 is 5.31. The third kappa shape index (κ3) is 6.44. The van der Waals surface area contributed by atoms with Gasteiger partial charge in [0.1, 0.15) is 0 Å². The third-order valence-electron chi connectivity index (χ3n) is 0.565. The first kappa shape index (κ1) is 7.44. The molecule has 0 bridgehead atoms. The van der Waals surface area contributed by atoms with Crippen LogP contribution in [0.25, 0.3) is 0 Å². The Labute approximate surface area is 51.5 Å². The SMILES string of the molecule is C[S@](=O)CCCCl. The summed E-state index contributed by atoms with van der Waals surface area (Å²) in [5.74, 6) is 1.36. The molecule has 0 heterocycles. The highest BCUT2D eigenvalue weighted by atomic mass is 35.5. The fraction of sp³-hybridized carbons (Fsp3) is 1.00. The van der Waals surface area contributed by atoms with Gasteiger partial charge in [0.05, 0.1) is 0 Å². The molecule has 0 aromatic carbocycles. The van der Waals surface area contributed by atoms with E-state index >= 15 is 0 Å². The predicted molar refractivity (Wildman–Crippen MR) is 34.3 cm³/mol. The molecule has 1 nitrogen and oxygen atoms in total. The Hall–Kier alpha value is 0.440. The average Bonchev–Trinajstić information content (AvgIpc) is 1.61. The monoisotopic (exact) mass is 140 g/mol. The lowest BCUT2D eigenvalue weighted by Gasteiger charge is -1.86. The molecular formula is C4H9ClOS. The van der Waals surface area contributed by atoms with Crippen molar-refractivity contribution in [1.82, 2.24) is 0 Å². The summed E-state index contributed by atoms with van der Waals surface area (Å²) in [6.45, 7) is 0. The summed E-state index contributed by atoms with van der Waals surface area (Å²) in [6, 6.07) is 0. The van der Waals surface area contributed by atoms with Crippen LogP contribution in [0.1, 0.15) is 6.42 Å². The second-order valence-corrected chi connectivity index (χ2v) is 3.25. The lowest BCUT2D eigenvalue weighted by molar-refractivity contribution is 0.685. The van der Waals surface area contributed by atoms with Crippen LogP contribution in [0.15, 0.2) is 0 Å². The Balaban J connectivity index is 2.82. The van der Waals surface area contributed by atoms with E-state index in [2.05, 4.69) is 0 Å². The van der Waals surface area contributed by atoms with Gasteiger partial charge in [-0.15, -0.1) is 11.6 Å². The molecule has 0 radical (unpaired) electrons. The molecule has 0 aliphatic carbocycles. The van der Waals surface area contributed by atoms with E-state index in [1.807, 2.05) is 0 Å². The average molecular weight is 141 g/mol. The lowest BCUT2D eigenvalue weighted by Crippen LogP contribution is -1.93. The minimum Gasteiger partial charge on any atom is -0.260 e. The van der Waals surface area contributed by atoms with Crippen LogP contribution in [-0.2, 0) is 10.8 Å². The van der Waals surface area contributed by atoms with Crippen LogP contribution in [0.3, 0.4) is 0 Å². The van der Waals surface area contributed by atoms with Gasteiger partial charge < -0.3 is 0 Å². The Morgan fingerprint density at radius 1 is 1.71 bits per heavy atom. The first-order chi connectivity index (χ1) is 3.27. The molecule has 0 spiro atoms. The molecule has 7 heavy (non-hydrogen) atoms.